The highest BCUT2D eigenvalue weighted by atomic mass is 16.2. The highest BCUT2D eigenvalue weighted by Gasteiger charge is 2.37. The molecule has 6 nitrogen and oxygen atoms in total. The average molecular weight is 408 g/mol. The van der Waals surface area contributed by atoms with Gasteiger partial charge >= 0.3 is 0 Å². The lowest BCUT2D eigenvalue weighted by Crippen LogP contribution is -2.39. The van der Waals surface area contributed by atoms with Gasteiger partial charge in [0.1, 0.15) is 0 Å². The maximum absolute atomic E-state index is 12.9. The first-order valence-corrected chi connectivity index (χ1v) is 10.3. The van der Waals surface area contributed by atoms with Gasteiger partial charge in [-0.15, -0.1) is 0 Å². The predicted molar refractivity (Wildman–Crippen MR) is 118 cm³/mol. The van der Waals surface area contributed by atoms with Crippen LogP contribution in [0.25, 0.3) is 0 Å². The van der Waals surface area contributed by atoms with Crippen molar-refractivity contribution >= 4 is 29.1 Å². The van der Waals surface area contributed by atoms with E-state index in [9.17, 15) is 14.4 Å². The van der Waals surface area contributed by atoms with Crippen LogP contribution in [-0.4, -0.2) is 42.8 Å². The third-order valence-electron chi connectivity index (χ3n) is 5.64. The molecule has 1 heterocycles. The average Bonchev–Trinajstić information content (AvgIpc) is 3.11. The quantitative estimate of drug-likeness (QED) is 0.799. The Morgan fingerprint density at radius 2 is 1.77 bits per heavy atom. The van der Waals surface area contributed by atoms with Gasteiger partial charge in [-0.05, 0) is 43.0 Å². The molecule has 0 aromatic heterocycles. The summed E-state index contributed by atoms with van der Waals surface area (Å²) >= 11 is 0. The van der Waals surface area contributed by atoms with Crippen LogP contribution >= 0.6 is 0 Å². The van der Waals surface area contributed by atoms with E-state index in [1.807, 2.05) is 63.2 Å². The van der Waals surface area contributed by atoms with Gasteiger partial charge < -0.3 is 15.1 Å². The van der Waals surface area contributed by atoms with Crippen LogP contribution in [0.4, 0.5) is 11.4 Å². The number of anilines is 2. The van der Waals surface area contributed by atoms with Crippen molar-refractivity contribution in [3.05, 3.63) is 59.2 Å². The molecule has 1 N–H and O–H groups in total. The number of likely N-dealkylation sites (N-methyl/N-ethyl adjacent to an activating group) is 1. The summed E-state index contributed by atoms with van der Waals surface area (Å²) in [4.78, 5) is 41.1. The molecule has 0 bridgehead atoms. The fraction of sp³-hybridized carbons (Fsp3) is 0.375. The van der Waals surface area contributed by atoms with E-state index in [1.165, 1.54) is 4.90 Å². The van der Waals surface area contributed by atoms with Crippen LogP contribution in [0.2, 0.25) is 0 Å². The van der Waals surface area contributed by atoms with Gasteiger partial charge in [0.2, 0.25) is 17.7 Å². The van der Waals surface area contributed by atoms with Crippen molar-refractivity contribution in [1.29, 1.82) is 0 Å². The molecular formula is C24H29N3O3. The Hall–Kier alpha value is -3.15. The van der Waals surface area contributed by atoms with E-state index < -0.39 is 5.92 Å². The van der Waals surface area contributed by atoms with Crippen LogP contribution in [0.3, 0.4) is 0 Å². The Morgan fingerprint density at radius 1 is 1.10 bits per heavy atom. The second kappa shape index (κ2) is 9.11. The van der Waals surface area contributed by atoms with E-state index in [4.69, 9.17) is 0 Å². The van der Waals surface area contributed by atoms with Crippen LogP contribution < -0.4 is 10.2 Å². The molecule has 6 heteroatoms. The molecule has 0 unspecified atom stereocenters. The zero-order valence-corrected chi connectivity index (χ0v) is 18.1. The van der Waals surface area contributed by atoms with Crippen LogP contribution in [0, 0.1) is 19.8 Å². The highest BCUT2D eigenvalue weighted by molar-refractivity contribution is 6.02. The number of hydrogen-bond donors (Lipinski definition) is 1. The van der Waals surface area contributed by atoms with Gasteiger partial charge in [0.15, 0.2) is 0 Å². The summed E-state index contributed by atoms with van der Waals surface area (Å²) in [5.41, 5.74) is 4.69. The summed E-state index contributed by atoms with van der Waals surface area (Å²) in [7, 11) is 1.61. The summed E-state index contributed by atoms with van der Waals surface area (Å²) in [6, 6.07) is 13.6. The fourth-order valence-electron chi connectivity index (χ4n) is 3.97. The van der Waals surface area contributed by atoms with E-state index >= 15 is 0 Å². The minimum atomic E-state index is -0.444. The van der Waals surface area contributed by atoms with Gasteiger partial charge in [-0.3, -0.25) is 14.4 Å². The second-order valence-corrected chi connectivity index (χ2v) is 7.90. The molecule has 1 aliphatic heterocycles. The van der Waals surface area contributed by atoms with Crippen molar-refractivity contribution in [2.45, 2.75) is 33.6 Å². The van der Waals surface area contributed by atoms with Gasteiger partial charge in [0, 0.05) is 31.4 Å². The Kier molecular flexibility index (Phi) is 6.55. The number of amides is 3. The highest BCUT2D eigenvalue weighted by Crippen LogP contribution is 2.29. The molecule has 2 aromatic rings. The van der Waals surface area contributed by atoms with E-state index in [0.717, 1.165) is 34.5 Å². The third-order valence-corrected chi connectivity index (χ3v) is 5.64. The van der Waals surface area contributed by atoms with Crippen molar-refractivity contribution in [3.63, 3.8) is 0 Å². The first kappa shape index (κ1) is 21.6. The normalized spacial score (nSPS) is 15.9. The molecule has 1 fully saturated rings. The van der Waals surface area contributed by atoms with E-state index in [1.54, 1.807) is 11.9 Å². The molecule has 3 rings (SSSR count). The molecule has 1 saturated heterocycles. The number of benzene rings is 2. The van der Waals surface area contributed by atoms with Gasteiger partial charge in [0.05, 0.1) is 12.5 Å². The summed E-state index contributed by atoms with van der Waals surface area (Å²) in [6.07, 6.45) is 0.983. The molecule has 1 atom stereocenters. The number of para-hydroxylation sites is 2. The molecule has 0 spiro atoms. The van der Waals surface area contributed by atoms with Crippen LogP contribution in [-0.2, 0) is 20.8 Å². The number of aryl methyl sites for hydroxylation is 3. The number of hydrogen-bond acceptors (Lipinski definition) is 3. The zero-order chi connectivity index (χ0) is 21.8. The summed E-state index contributed by atoms with van der Waals surface area (Å²) in [5, 5.41) is 2.90. The first-order valence-electron chi connectivity index (χ1n) is 10.3. The molecule has 158 valence electrons. The molecule has 3 amide bonds. The van der Waals surface area contributed by atoms with Crippen molar-refractivity contribution in [2.75, 3.05) is 30.4 Å². The monoisotopic (exact) mass is 407 g/mol. The first-order chi connectivity index (χ1) is 14.3. The smallest absolute Gasteiger partial charge is 0.243 e. The molecule has 30 heavy (non-hydrogen) atoms. The SMILES string of the molecule is CCc1ccccc1N1C[C@H](C(=O)N(C)CC(=O)Nc2c(C)cccc2C)CC1=O. The Bertz CT molecular complexity index is 950. The molecule has 0 radical (unpaired) electrons. The molecule has 0 aliphatic carbocycles. The van der Waals surface area contributed by atoms with E-state index in [2.05, 4.69) is 5.32 Å². The molecule has 2 aromatic carbocycles. The minimum Gasteiger partial charge on any atom is -0.336 e. The lowest BCUT2D eigenvalue weighted by atomic mass is 10.1. The summed E-state index contributed by atoms with van der Waals surface area (Å²) < 4.78 is 0. The molecule has 0 saturated carbocycles. The summed E-state index contributed by atoms with van der Waals surface area (Å²) in [6.45, 7) is 6.21. The maximum atomic E-state index is 12.9. The fourth-order valence-corrected chi connectivity index (χ4v) is 3.97. The minimum absolute atomic E-state index is 0.0527. The number of rotatable bonds is 6. The van der Waals surface area contributed by atoms with Crippen molar-refractivity contribution < 1.29 is 14.4 Å². The van der Waals surface area contributed by atoms with Gasteiger partial charge in [-0.2, -0.15) is 0 Å². The predicted octanol–water partition coefficient (Wildman–Crippen LogP) is 3.32. The van der Waals surface area contributed by atoms with Gasteiger partial charge in [-0.25, -0.2) is 0 Å². The number of nitrogens with zero attached hydrogens (tertiary/aromatic N) is 2. The number of carbonyl (C=O) groups excluding carboxylic acids is 3. The standard InChI is InChI=1S/C24H29N3O3/c1-5-18-11-6-7-12-20(18)27-14-19(13-22(27)29)24(30)26(4)15-21(28)25-23-16(2)9-8-10-17(23)3/h6-12,19H,5,13-15H2,1-4H3,(H,25,28)/t19-/m1/s1. The Labute approximate surface area is 177 Å². The van der Waals surface area contributed by atoms with Gasteiger partial charge in [0.25, 0.3) is 0 Å². The van der Waals surface area contributed by atoms with Crippen LogP contribution in [0.5, 0.6) is 0 Å². The third kappa shape index (κ3) is 4.53. The maximum Gasteiger partial charge on any atom is 0.243 e. The lowest BCUT2D eigenvalue weighted by Gasteiger charge is -2.22. The number of carbonyl (C=O) groups is 3. The van der Waals surface area contributed by atoms with Crippen molar-refractivity contribution in [3.8, 4) is 0 Å². The van der Waals surface area contributed by atoms with E-state index in [0.29, 0.717) is 6.54 Å². The molecule has 1 aliphatic rings. The number of nitrogens with one attached hydrogen (secondary N) is 1. The molecular weight excluding hydrogens is 378 g/mol. The topological polar surface area (TPSA) is 69.7 Å². The largest absolute Gasteiger partial charge is 0.336 e. The van der Waals surface area contributed by atoms with E-state index in [-0.39, 0.29) is 30.7 Å². The Balaban J connectivity index is 1.64. The van der Waals surface area contributed by atoms with Gasteiger partial charge in [-0.1, -0.05) is 43.3 Å². The van der Waals surface area contributed by atoms with Crippen molar-refractivity contribution in [2.24, 2.45) is 5.92 Å². The van der Waals surface area contributed by atoms with Crippen molar-refractivity contribution in [1.82, 2.24) is 4.90 Å². The van der Waals surface area contributed by atoms with Crippen LogP contribution in [0.15, 0.2) is 42.5 Å². The summed E-state index contributed by atoms with van der Waals surface area (Å²) in [5.74, 6) is -0.930. The zero-order valence-electron chi connectivity index (χ0n) is 18.1. The van der Waals surface area contributed by atoms with Crippen LogP contribution in [0.1, 0.15) is 30.0 Å². The Morgan fingerprint density at radius 3 is 2.43 bits per heavy atom. The second-order valence-electron chi connectivity index (χ2n) is 7.90. The lowest BCUT2D eigenvalue weighted by molar-refractivity contribution is -0.137.